The molecule has 0 saturated carbocycles. The van der Waals surface area contributed by atoms with E-state index in [1.54, 1.807) is 19.1 Å². The van der Waals surface area contributed by atoms with Crippen LogP contribution in [0.4, 0.5) is 13.2 Å². The number of hydrogen-bond donors (Lipinski definition) is 1. The van der Waals surface area contributed by atoms with Crippen LogP contribution in [0.1, 0.15) is 16.7 Å². The van der Waals surface area contributed by atoms with Crippen LogP contribution in [0.25, 0.3) is 22.3 Å². The summed E-state index contributed by atoms with van der Waals surface area (Å²) in [5.74, 6) is 0. The molecule has 0 saturated heterocycles. The number of aryl methyl sites for hydroxylation is 1. The molecular formula is C19H12F3N2ORb. The molecule has 1 heterocycles. The minimum atomic E-state index is -4.86. The quantitative estimate of drug-likeness (QED) is 0.591. The average molecular weight is 427 g/mol. The first-order valence-corrected chi connectivity index (χ1v) is 7.56. The molecule has 7 heteroatoms. The van der Waals surface area contributed by atoms with E-state index in [0.717, 1.165) is 0 Å². The standard InChI is InChI=1S/C19H12F3N2O.Rb/c1-11-6-7-15-17(16(11)12-8-23-10-24-9-12)13-4-2-3-5-14(13)18(15,25)19(20,21)22;/h2-5,7-10,25H,1H3;/q-1;+1. The van der Waals surface area contributed by atoms with Crippen LogP contribution >= 0.6 is 0 Å². The minimum Gasteiger partial charge on any atom is -0.384 e. The smallest absolute Gasteiger partial charge is 0.384 e. The van der Waals surface area contributed by atoms with Gasteiger partial charge in [-0.3, -0.25) is 0 Å². The van der Waals surface area contributed by atoms with Crippen LogP contribution in [0.3, 0.4) is 0 Å². The van der Waals surface area contributed by atoms with Gasteiger partial charge in [-0.2, -0.15) is 30.9 Å². The van der Waals surface area contributed by atoms with E-state index in [2.05, 4.69) is 16.0 Å². The Morgan fingerprint density at radius 1 is 1.04 bits per heavy atom. The first kappa shape index (κ1) is 19.8. The van der Waals surface area contributed by atoms with Crippen molar-refractivity contribution in [3.8, 4) is 22.3 Å². The molecule has 1 aliphatic carbocycles. The summed E-state index contributed by atoms with van der Waals surface area (Å²) in [6.07, 6.45) is -0.429. The van der Waals surface area contributed by atoms with E-state index >= 15 is 0 Å². The summed E-state index contributed by atoms with van der Waals surface area (Å²) in [6, 6.07) is 10.1. The second-order valence-corrected chi connectivity index (χ2v) is 5.96. The average Bonchev–Trinajstić information content (AvgIpc) is 2.86. The van der Waals surface area contributed by atoms with Gasteiger partial charge < -0.3 is 5.11 Å². The predicted molar refractivity (Wildman–Crippen MR) is 85.5 cm³/mol. The molecular weight excluding hydrogens is 415 g/mol. The van der Waals surface area contributed by atoms with Gasteiger partial charge in [-0.25, -0.2) is 9.97 Å². The first-order valence-electron chi connectivity index (χ1n) is 7.56. The van der Waals surface area contributed by atoms with E-state index in [0.29, 0.717) is 27.8 Å². The minimum absolute atomic E-state index is 0. The van der Waals surface area contributed by atoms with Crippen molar-refractivity contribution in [2.75, 3.05) is 0 Å². The van der Waals surface area contributed by atoms with Gasteiger partial charge in [0.05, 0.1) is 0 Å². The molecule has 126 valence electrons. The van der Waals surface area contributed by atoms with Crippen molar-refractivity contribution in [2.24, 2.45) is 0 Å². The van der Waals surface area contributed by atoms with Gasteiger partial charge in [-0.05, 0) is 16.7 Å². The molecule has 1 aliphatic rings. The molecule has 0 amide bonds. The van der Waals surface area contributed by atoms with Crippen LogP contribution in [0.15, 0.2) is 49.1 Å². The summed E-state index contributed by atoms with van der Waals surface area (Å²) in [4.78, 5) is 7.92. The molecule has 4 rings (SSSR count). The van der Waals surface area contributed by atoms with Crippen LogP contribution in [-0.2, 0) is 5.60 Å². The topological polar surface area (TPSA) is 46.0 Å². The maximum absolute atomic E-state index is 13.8. The zero-order chi connectivity index (χ0) is 17.8. The largest absolute Gasteiger partial charge is 1.00 e. The van der Waals surface area contributed by atoms with Crippen molar-refractivity contribution in [2.45, 2.75) is 18.7 Å². The third-order valence-electron chi connectivity index (χ3n) is 4.56. The van der Waals surface area contributed by atoms with Gasteiger partial charge in [0.2, 0.25) is 0 Å². The van der Waals surface area contributed by atoms with Gasteiger partial charge in [0, 0.05) is 12.4 Å². The zero-order valence-corrected chi connectivity index (χ0v) is 19.0. The van der Waals surface area contributed by atoms with Gasteiger partial charge in [-0.15, -0.1) is 16.7 Å². The van der Waals surface area contributed by atoms with Crippen molar-refractivity contribution in [1.29, 1.82) is 0 Å². The monoisotopic (exact) mass is 426 g/mol. The van der Waals surface area contributed by atoms with E-state index in [-0.39, 0.29) is 69.3 Å². The number of alkyl halides is 3. The maximum Gasteiger partial charge on any atom is 1.00 e. The maximum atomic E-state index is 13.8. The Morgan fingerprint density at radius 2 is 1.69 bits per heavy atom. The van der Waals surface area contributed by atoms with Crippen LogP contribution in [0.2, 0.25) is 0 Å². The van der Waals surface area contributed by atoms with E-state index in [9.17, 15) is 18.3 Å². The zero-order valence-electron chi connectivity index (χ0n) is 14.1. The van der Waals surface area contributed by atoms with Gasteiger partial charge >= 0.3 is 64.4 Å². The normalized spacial score (nSPS) is 18.0. The molecule has 0 fully saturated rings. The van der Waals surface area contributed by atoms with Crippen molar-refractivity contribution < 1.29 is 76.5 Å². The van der Waals surface area contributed by atoms with Crippen molar-refractivity contribution in [1.82, 2.24) is 9.97 Å². The fourth-order valence-electron chi connectivity index (χ4n) is 3.47. The van der Waals surface area contributed by atoms with Crippen LogP contribution < -0.4 is 58.2 Å². The molecule has 1 atom stereocenters. The molecule has 0 bridgehead atoms. The van der Waals surface area contributed by atoms with Crippen LogP contribution in [-0.4, -0.2) is 21.3 Å². The number of fused-ring (bicyclic) bond motifs is 3. The molecule has 26 heavy (non-hydrogen) atoms. The van der Waals surface area contributed by atoms with Gasteiger partial charge in [0.15, 0.2) is 5.60 Å². The Labute approximate surface area is 197 Å². The number of nitrogens with zero attached hydrogens (tertiary/aromatic N) is 2. The second-order valence-electron chi connectivity index (χ2n) is 5.96. The molecule has 0 aliphatic heterocycles. The molecule has 1 unspecified atom stereocenters. The number of rotatable bonds is 1. The third kappa shape index (κ3) is 2.74. The van der Waals surface area contributed by atoms with Crippen molar-refractivity contribution in [3.63, 3.8) is 0 Å². The first-order chi connectivity index (χ1) is 11.9. The number of hydrogen-bond acceptors (Lipinski definition) is 3. The number of benzene rings is 2. The van der Waals surface area contributed by atoms with Crippen molar-refractivity contribution in [3.05, 3.63) is 71.8 Å². The Bertz CT molecular complexity index is 976. The van der Waals surface area contributed by atoms with E-state index in [1.807, 2.05) is 0 Å². The summed E-state index contributed by atoms with van der Waals surface area (Å²) in [5.41, 5.74) is -0.960. The Balaban J connectivity index is 0.00000196. The van der Waals surface area contributed by atoms with E-state index < -0.39 is 11.8 Å². The number of halogens is 3. The predicted octanol–water partition coefficient (Wildman–Crippen LogP) is 1.03. The van der Waals surface area contributed by atoms with Crippen molar-refractivity contribution >= 4 is 0 Å². The Kier molecular flexibility index (Phi) is 5.27. The molecule has 3 nitrogen and oxygen atoms in total. The van der Waals surface area contributed by atoms with Crippen LogP contribution in [0, 0.1) is 13.0 Å². The number of aliphatic hydroxyl groups is 1. The molecule has 0 spiro atoms. The summed E-state index contributed by atoms with van der Waals surface area (Å²) in [5, 5.41) is 10.7. The summed E-state index contributed by atoms with van der Waals surface area (Å²) in [7, 11) is 0. The number of aromatic nitrogens is 2. The summed E-state index contributed by atoms with van der Waals surface area (Å²) in [6.45, 7) is 1.76. The fourth-order valence-corrected chi connectivity index (χ4v) is 3.47. The second kappa shape index (κ2) is 6.91. The fraction of sp³-hybridized carbons (Fsp3) is 0.158. The molecule has 1 N–H and O–H groups in total. The Hall–Kier alpha value is -0.925. The summed E-state index contributed by atoms with van der Waals surface area (Å²) < 4.78 is 41.5. The third-order valence-corrected chi connectivity index (χ3v) is 4.56. The Morgan fingerprint density at radius 3 is 2.35 bits per heavy atom. The van der Waals surface area contributed by atoms with E-state index in [1.165, 1.54) is 36.9 Å². The SMILES string of the molecule is Cc1[c-]cc2c(c1-c1cncnc1)-c1ccccc1C2(O)C(F)(F)F.[Rb+]. The van der Waals surface area contributed by atoms with Gasteiger partial charge in [0.25, 0.3) is 0 Å². The van der Waals surface area contributed by atoms with E-state index in [4.69, 9.17) is 0 Å². The van der Waals surface area contributed by atoms with Gasteiger partial charge in [0.1, 0.15) is 6.33 Å². The molecule has 2 aromatic carbocycles. The summed E-state index contributed by atoms with van der Waals surface area (Å²) >= 11 is 0. The molecule has 3 aromatic rings. The molecule has 1 aromatic heterocycles. The van der Waals surface area contributed by atoms with Gasteiger partial charge in [-0.1, -0.05) is 31.2 Å². The molecule has 0 radical (unpaired) electrons. The van der Waals surface area contributed by atoms with Crippen LogP contribution in [0.5, 0.6) is 0 Å².